The fraction of sp³-hybridized carbons (Fsp3) is 0.280. The van der Waals surface area contributed by atoms with E-state index >= 15 is 0 Å². The first-order valence-corrected chi connectivity index (χ1v) is 12.9. The highest BCUT2D eigenvalue weighted by Crippen LogP contribution is 2.25. The number of hydrogen-bond donors (Lipinski definition) is 2. The summed E-state index contributed by atoms with van der Waals surface area (Å²) >= 11 is 0.971. The zero-order valence-corrected chi connectivity index (χ0v) is 21.9. The van der Waals surface area contributed by atoms with Gasteiger partial charge in [-0.05, 0) is 30.2 Å². The highest BCUT2D eigenvalue weighted by molar-refractivity contribution is 7.15. The predicted octanol–water partition coefficient (Wildman–Crippen LogP) is 4.25. The molecule has 2 N–H and O–H groups in total. The van der Waals surface area contributed by atoms with Gasteiger partial charge in [0.2, 0.25) is 11.0 Å². The number of alkyl halides is 4. The molecule has 0 aliphatic heterocycles. The number of nitrogens with one attached hydrogen (secondary N) is 2. The third-order valence-corrected chi connectivity index (χ3v) is 6.34. The van der Waals surface area contributed by atoms with Gasteiger partial charge in [-0.1, -0.05) is 46.9 Å². The molecular weight excluding hydrogens is 573 g/mol. The van der Waals surface area contributed by atoms with E-state index < -0.39 is 42.3 Å². The summed E-state index contributed by atoms with van der Waals surface area (Å²) in [7, 11) is 0. The van der Waals surface area contributed by atoms with Gasteiger partial charge in [0.15, 0.2) is 5.69 Å². The van der Waals surface area contributed by atoms with Crippen LogP contribution in [0.1, 0.15) is 33.0 Å². The second-order valence-electron chi connectivity index (χ2n) is 8.66. The molecule has 4 rings (SSSR count). The monoisotopic (exact) mass is 595 g/mol. The van der Waals surface area contributed by atoms with Crippen molar-refractivity contribution in [3.05, 3.63) is 82.4 Å². The Bertz CT molecular complexity index is 1480. The van der Waals surface area contributed by atoms with Crippen molar-refractivity contribution in [2.45, 2.75) is 44.9 Å². The summed E-state index contributed by atoms with van der Waals surface area (Å²) in [6.07, 6.45) is -5.33. The third-order valence-electron chi connectivity index (χ3n) is 5.44. The minimum Gasteiger partial charge on any atom is -0.406 e. The van der Waals surface area contributed by atoms with Crippen LogP contribution in [-0.2, 0) is 30.7 Å². The number of rotatable bonds is 12. The fourth-order valence-electron chi connectivity index (χ4n) is 3.56. The van der Waals surface area contributed by atoms with Crippen molar-refractivity contribution < 1.29 is 36.3 Å². The number of hydrogen-bond acceptors (Lipinski definition) is 8. The molecule has 2 aromatic heterocycles. The summed E-state index contributed by atoms with van der Waals surface area (Å²) < 4.78 is 70.7. The Labute approximate surface area is 233 Å². The average Bonchev–Trinajstić information content (AvgIpc) is 3.57. The molecule has 0 aliphatic rings. The van der Waals surface area contributed by atoms with Gasteiger partial charge < -0.3 is 15.4 Å². The van der Waals surface area contributed by atoms with Crippen LogP contribution in [0.4, 0.5) is 27.1 Å². The first-order chi connectivity index (χ1) is 19.5. The van der Waals surface area contributed by atoms with Crippen molar-refractivity contribution in [3.63, 3.8) is 0 Å². The number of halogens is 5. The summed E-state index contributed by atoms with van der Waals surface area (Å²) in [4.78, 5) is 24.5. The van der Waals surface area contributed by atoms with Gasteiger partial charge in [0.25, 0.3) is 5.91 Å². The van der Waals surface area contributed by atoms with E-state index in [2.05, 4.69) is 35.9 Å². The van der Waals surface area contributed by atoms with Gasteiger partial charge >= 0.3 is 6.36 Å². The van der Waals surface area contributed by atoms with Crippen LogP contribution in [0.25, 0.3) is 0 Å². The number of nitrogens with zero attached hydrogens (tertiary/aromatic N) is 5. The molecule has 0 aliphatic carbocycles. The summed E-state index contributed by atoms with van der Waals surface area (Å²) in [5.74, 6) is -2.72. The minimum absolute atomic E-state index is 0.0369. The van der Waals surface area contributed by atoms with Gasteiger partial charge in [0.05, 0.1) is 19.2 Å². The van der Waals surface area contributed by atoms with Crippen LogP contribution in [0.2, 0.25) is 0 Å². The molecular formula is C25H22F5N7O3S. The number of aryl methyl sites for hydroxylation is 1. The van der Waals surface area contributed by atoms with Crippen LogP contribution in [0, 0.1) is 5.82 Å². The lowest BCUT2D eigenvalue weighted by atomic mass is 10.1. The molecule has 1 unspecified atom stereocenters. The van der Waals surface area contributed by atoms with Crippen LogP contribution >= 0.6 is 11.3 Å². The molecule has 16 heteroatoms. The largest absolute Gasteiger partial charge is 0.573 e. The van der Waals surface area contributed by atoms with Crippen molar-refractivity contribution in [3.8, 4) is 5.75 Å². The molecule has 0 spiro atoms. The second-order valence-corrected chi connectivity index (χ2v) is 9.72. The van der Waals surface area contributed by atoms with Crippen LogP contribution < -0.4 is 15.4 Å². The van der Waals surface area contributed by atoms with E-state index in [1.165, 1.54) is 10.9 Å². The lowest BCUT2D eigenvalue weighted by molar-refractivity contribution is -0.274. The zero-order chi connectivity index (χ0) is 29.4. The Kier molecular flexibility index (Phi) is 9.54. The van der Waals surface area contributed by atoms with Crippen LogP contribution in [0.5, 0.6) is 5.75 Å². The van der Waals surface area contributed by atoms with Crippen LogP contribution in [0.3, 0.4) is 0 Å². The molecule has 0 saturated heterocycles. The van der Waals surface area contributed by atoms with E-state index in [1.807, 2.05) is 30.3 Å². The lowest BCUT2D eigenvalue weighted by Crippen LogP contribution is -2.23. The number of carbonyl (C=O) groups is 2. The Hall–Kier alpha value is -4.47. The first kappa shape index (κ1) is 29.5. The summed E-state index contributed by atoms with van der Waals surface area (Å²) in [5.41, 5.74) is 0.659. The number of carbonyl (C=O) groups excluding carboxylic acids is 2. The fourth-order valence-corrected chi connectivity index (χ4v) is 4.33. The third kappa shape index (κ3) is 9.30. The number of aromatic nitrogens is 5. The molecule has 10 nitrogen and oxygen atoms in total. The molecule has 1 atom stereocenters. The number of benzene rings is 2. The van der Waals surface area contributed by atoms with E-state index in [0.717, 1.165) is 35.1 Å². The smallest absolute Gasteiger partial charge is 0.406 e. The number of amides is 2. The average molecular weight is 596 g/mol. The molecule has 2 aromatic carbocycles. The van der Waals surface area contributed by atoms with Crippen LogP contribution in [0.15, 0.2) is 54.7 Å². The van der Waals surface area contributed by atoms with Gasteiger partial charge in [-0.15, -0.1) is 28.5 Å². The maximum Gasteiger partial charge on any atom is 0.573 e. The highest BCUT2D eigenvalue weighted by atomic mass is 32.1. The molecule has 0 saturated carbocycles. The maximum absolute atomic E-state index is 14.6. The van der Waals surface area contributed by atoms with E-state index in [9.17, 15) is 31.5 Å². The normalized spacial score (nSPS) is 12.1. The molecule has 2 amide bonds. The Balaban J connectivity index is 1.21. The van der Waals surface area contributed by atoms with Crippen LogP contribution in [-0.4, -0.2) is 49.5 Å². The number of anilines is 1. The van der Waals surface area contributed by atoms with Gasteiger partial charge in [0.1, 0.15) is 22.7 Å². The van der Waals surface area contributed by atoms with Gasteiger partial charge in [-0.3, -0.25) is 9.59 Å². The SMILES string of the molecule is O=C(Cc1cc(OC(F)(F)F)ccc1F)Nc1nnc(CCC(F)Cn2cc(C(=O)NCc3ccccc3)nn2)s1. The summed E-state index contributed by atoms with van der Waals surface area (Å²) in [5, 5.41) is 20.8. The minimum atomic E-state index is -4.96. The molecule has 216 valence electrons. The van der Waals surface area contributed by atoms with Crippen molar-refractivity contribution in [1.29, 1.82) is 0 Å². The zero-order valence-electron chi connectivity index (χ0n) is 21.1. The van der Waals surface area contributed by atoms with Gasteiger partial charge in [-0.25, -0.2) is 13.5 Å². The maximum atomic E-state index is 14.6. The van der Waals surface area contributed by atoms with Gasteiger partial charge in [-0.2, -0.15) is 0 Å². The van der Waals surface area contributed by atoms with Crippen molar-refractivity contribution in [2.24, 2.45) is 0 Å². The second kappa shape index (κ2) is 13.3. The van der Waals surface area contributed by atoms with Crippen molar-refractivity contribution in [1.82, 2.24) is 30.5 Å². The predicted molar refractivity (Wildman–Crippen MR) is 136 cm³/mol. The van der Waals surface area contributed by atoms with E-state index in [0.29, 0.717) is 11.6 Å². The van der Waals surface area contributed by atoms with E-state index in [4.69, 9.17) is 0 Å². The molecule has 2 heterocycles. The van der Waals surface area contributed by atoms with Crippen molar-refractivity contribution >= 4 is 28.3 Å². The van der Waals surface area contributed by atoms with E-state index in [1.54, 1.807) is 0 Å². The Morgan fingerprint density at radius 1 is 1.07 bits per heavy atom. The Morgan fingerprint density at radius 2 is 1.85 bits per heavy atom. The molecule has 4 aromatic rings. The topological polar surface area (TPSA) is 124 Å². The number of ether oxygens (including phenoxy) is 1. The molecule has 0 bridgehead atoms. The standard InChI is InChI=1S/C25H22F5N7O3S/c26-17(13-37-14-20(33-36-37)23(39)31-12-15-4-2-1-3-5-15)6-9-22-34-35-24(41-22)32-21(38)11-16-10-18(7-8-19(16)27)40-25(28,29)30/h1-5,7-8,10,14,17H,6,9,11-13H2,(H,31,39)(H,32,35,38). The van der Waals surface area contributed by atoms with E-state index in [-0.39, 0.29) is 35.8 Å². The van der Waals surface area contributed by atoms with Crippen molar-refractivity contribution in [2.75, 3.05) is 5.32 Å². The molecule has 0 fully saturated rings. The highest BCUT2D eigenvalue weighted by Gasteiger charge is 2.31. The quantitative estimate of drug-likeness (QED) is 0.235. The first-order valence-electron chi connectivity index (χ1n) is 12.1. The summed E-state index contributed by atoms with van der Waals surface area (Å²) in [6.45, 7) is 0.160. The Morgan fingerprint density at radius 3 is 2.61 bits per heavy atom. The summed E-state index contributed by atoms with van der Waals surface area (Å²) in [6, 6.07) is 11.6. The lowest BCUT2D eigenvalue weighted by Gasteiger charge is -2.10. The molecule has 0 radical (unpaired) electrons. The van der Waals surface area contributed by atoms with Gasteiger partial charge in [0, 0.05) is 18.5 Å². The molecule has 41 heavy (non-hydrogen) atoms.